The van der Waals surface area contributed by atoms with Crippen LogP contribution >= 0.6 is 11.3 Å². The number of imide groups is 1. The second-order valence-electron chi connectivity index (χ2n) is 5.64. The molecule has 0 bridgehead atoms. The number of carbonyl (C=O) groups is 4. The van der Waals surface area contributed by atoms with Gasteiger partial charge in [0.2, 0.25) is 0 Å². The standard InChI is InChI=1S/C18H16N4O5S/c23-14(20-17(25)13-6-3-9-28-13)10-27-15(24)7-8-19-18(26)16-11-4-1-2-5-12(11)21-22-16/h1-6,9H,7-8,10H2,(H,19,26)(H,21,22)(H,20,23,25). The molecule has 0 aliphatic carbocycles. The fourth-order valence-corrected chi connectivity index (χ4v) is 2.97. The number of esters is 1. The van der Waals surface area contributed by atoms with Gasteiger partial charge in [-0.1, -0.05) is 24.3 Å². The third-order valence-corrected chi connectivity index (χ3v) is 4.53. The van der Waals surface area contributed by atoms with Gasteiger partial charge in [0.25, 0.3) is 17.7 Å². The largest absolute Gasteiger partial charge is 0.456 e. The first-order valence-corrected chi connectivity index (χ1v) is 9.17. The fraction of sp³-hybridized carbons (Fsp3) is 0.167. The molecule has 0 atom stereocenters. The number of para-hydroxylation sites is 1. The Balaban J connectivity index is 1.38. The van der Waals surface area contributed by atoms with Gasteiger partial charge in [0.1, 0.15) is 0 Å². The summed E-state index contributed by atoms with van der Waals surface area (Å²) in [4.78, 5) is 47.5. The van der Waals surface area contributed by atoms with Crippen molar-refractivity contribution in [1.29, 1.82) is 0 Å². The average Bonchev–Trinajstić information content (AvgIpc) is 3.36. The molecule has 0 saturated heterocycles. The van der Waals surface area contributed by atoms with Gasteiger partial charge in [0.15, 0.2) is 12.3 Å². The summed E-state index contributed by atoms with van der Waals surface area (Å²) in [6.07, 6.45) is -0.125. The van der Waals surface area contributed by atoms with Crippen LogP contribution in [0.25, 0.3) is 10.9 Å². The summed E-state index contributed by atoms with van der Waals surface area (Å²) in [5.74, 6) is -2.37. The first-order valence-electron chi connectivity index (χ1n) is 8.29. The van der Waals surface area contributed by atoms with E-state index in [1.807, 2.05) is 6.07 Å². The molecule has 144 valence electrons. The Labute approximate surface area is 163 Å². The third kappa shape index (κ3) is 4.80. The van der Waals surface area contributed by atoms with Gasteiger partial charge in [-0.15, -0.1) is 11.3 Å². The van der Waals surface area contributed by atoms with E-state index in [2.05, 4.69) is 20.8 Å². The van der Waals surface area contributed by atoms with Crippen molar-refractivity contribution in [3.05, 3.63) is 52.3 Å². The number of hydrogen-bond acceptors (Lipinski definition) is 7. The smallest absolute Gasteiger partial charge is 0.308 e. The molecule has 1 aromatic carbocycles. The molecule has 3 amide bonds. The molecular weight excluding hydrogens is 384 g/mol. The number of thiophene rings is 1. The van der Waals surface area contributed by atoms with E-state index < -0.39 is 30.3 Å². The summed E-state index contributed by atoms with van der Waals surface area (Å²) in [7, 11) is 0. The second kappa shape index (κ2) is 8.91. The van der Waals surface area contributed by atoms with Gasteiger partial charge in [-0.2, -0.15) is 5.10 Å². The molecular formula is C18H16N4O5S. The number of rotatable bonds is 7. The molecule has 10 heteroatoms. The molecule has 0 spiro atoms. The Morgan fingerprint density at radius 3 is 2.68 bits per heavy atom. The molecule has 0 saturated carbocycles. The zero-order valence-corrected chi connectivity index (χ0v) is 15.4. The topological polar surface area (TPSA) is 130 Å². The number of carbonyl (C=O) groups excluding carboxylic acids is 4. The first-order chi connectivity index (χ1) is 13.5. The minimum atomic E-state index is -0.723. The number of nitrogens with zero attached hydrogens (tertiary/aromatic N) is 1. The van der Waals surface area contributed by atoms with Crippen molar-refractivity contribution in [2.45, 2.75) is 6.42 Å². The lowest BCUT2D eigenvalue weighted by Crippen LogP contribution is -2.34. The van der Waals surface area contributed by atoms with Crippen molar-refractivity contribution in [1.82, 2.24) is 20.8 Å². The number of aromatic nitrogens is 2. The van der Waals surface area contributed by atoms with Gasteiger partial charge in [-0.05, 0) is 17.5 Å². The van der Waals surface area contributed by atoms with E-state index in [0.29, 0.717) is 10.3 Å². The SMILES string of the molecule is O=C(COC(=O)CCNC(=O)c1n[nH]c2ccccc12)NC(=O)c1cccs1. The van der Waals surface area contributed by atoms with Crippen molar-refractivity contribution in [2.75, 3.05) is 13.2 Å². The van der Waals surface area contributed by atoms with Crippen LogP contribution < -0.4 is 10.6 Å². The Morgan fingerprint density at radius 1 is 1.07 bits per heavy atom. The van der Waals surface area contributed by atoms with Crippen LogP contribution in [0.2, 0.25) is 0 Å². The highest BCUT2D eigenvalue weighted by molar-refractivity contribution is 7.12. The summed E-state index contributed by atoms with van der Waals surface area (Å²) < 4.78 is 4.79. The number of fused-ring (bicyclic) bond motifs is 1. The maximum absolute atomic E-state index is 12.2. The highest BCUT2D eigenvalue weighted by Crippen LogP contribution is 2.14. The lowest BCUT2D eigenvalue weighted by Gasteiger charge is -2.06. The minimum Gasteiger partial charge on any atom is -0.456 e. The van der Waals surface area contributed by atoms with Gasteiger partial charge in [0, 0.05) is 11.9 Å². The number of benzene rings is 1. The van der Waals surface area contributed by atoms with Gasteiger partial charge < -0.3 is 10.1 Å². The molecule has 0 radical (unpaired) electrons. The van der Waals surface area contributed by atoms with Crippen LogP contribution in [-0.2, 0) is 14.3 Å². The van der Waals surface area contributed by atoms with E-state index in [9.17, 15) is 19.2 Å². The van der Waals surface area contributed by atoms with Crippen molar-refractivity contribution in [2.24, 2.45) is 0 Å². The molecule has 0 unspecified atom stereocenters. The van der Waals surface area contributed by atoms with Crippen LogP contribution in [-0.4, -0.2) is 47.0 Å². The zero-order valence-electron chi connectivity index (χ0n) is 14.6. The summed E-state index contributed by atoms with van der Waals surface area (Å²) in [6.45, 7) is -0.553. The van der Waals surface area contributed by atoms with E-state index in [1.165, 1.54) is 11.3 Å². The molecule has 0 fully saturated rings. The van der Waals surface area contributed by atoms with Gasteiger partial charge in [-0.25, -0.2) is 0 Å². The van der Waals surface area contributed by atoms with Crippen LogP contribution in [0.4, 0.5) is 0 Å². The monoisotopic (exact) mass is 400 g/mol. The Morgan fingerprint density at radius 2 is 1.89 bits per heavy atom. The first kappa shape index (κ1) is 19.2. The zero-order chi connectivity index (χ0) is 19.9. The quantitative estimate of drug-likeness (QED) is 0.512. The molecule has 28 heavy (non-hydrogen) atoms. The predicted octanol–water partition coefficient (Wildman–Crippen LogP) is 1.24. The normalized spacial score (nSPS) is 10.4. The molecule has 2 aromatic heterocycles. The summed E-state index contributed by atoms with van der Waals surface area (Å²) in [6, 6.07) is 10.4. The molecule has 2 heterocycles. The van der Waals surface area contributed by atoms with Gasteiger partial charge in [0.05, 0.1) is 16.8 Å². The molecule has 3 aromatic rings. The van der Waals surface area contributed by atoms with Crippen molar-refractivity contribution in [3.63, 3.8) is 0 Å². The van der Waals surface area contributed by atoms with Crippen molar-refractivity contribution in [3.8, 4) is 0 Å². The van der Waals surface area contributed by atoms with Crippen molar-refractivity contribution >= 4 is 45.9 Å². The van der Waals surface area contributed by atoms with E-state index in [0.717, 1.165) is 5.52 Å². The summed E-state index contributed by atoms with van der Waals surface area (Å²) >= 11 is 1.19. The Hall–Kier alpha value is -3.53. The van der Waals surface area contributed by atoms with Crippen LogP contribution in [0, 0.1) is 0 Å². The molecule has 9 nitrogen and oxygen atoms in total. The van der Waals surface area contributed by atoms with E-state index in [4.69, 9.17) is 4.74 Å². The van der Waals surface area contributed by atoms with Crippen LogP contribution in [0.15, 0.2) is 41.8 Å². The highest BCUT2D eigenvalue weighted by atomic mass is 32.1. The number of nitrogens with one attached hydrogen (secondary N) is 3. The minimum absolute atomic E-state index is 0.0224. The molecule has 3 rings (SSSR count). The Kier molecular flexibility index (Phi) is 6.12. The van der Waals surface area contributed by atoms with Crippen LogP contribution in [0.3, 0.4) is 0 Å². The Bertz CT molecular complexity index is 1010. The fourth-order valence-electron chi connectivity index (χ4n) is 2.35. The summed E-state index contributed by atoms with van der Waals surface area (Å²) in [5, 5.41) is 13.8. The lowest BCUT2D eigenvalue weighted by atomic mass is 10.2. The van der Waals surface area contributed by atoms with Crippen LogP contribution in [0.5, 0.6) is 0 Å². The van der Waals surface area contributed by atoms with Crippen molar-refractivity contribution < 1.29 is 23.9 Å². The third-order valence-electron chi connectivity index (χ3n) is 3.66. The maximum Gasteiger partial charge on any atom is 0.308 e. The van der Waals surface area contributed by atoms with E-state index in [1.54, 1.807) is 35.7 Å². The van der Waals surface area contributed by atoms with Gasteiger partial charge in [-0.3, -0.25) is 29.6 Å². The molecule has 3 N–H and O–H groups in total. The number of ether oxygens (including phenoxy) is 1. The van der Waals surface area contributed by atoms with Crippen LogP contribution in [0.1, 0.15) is 26.6 Å². The number of aromatic amines is 1. The number of H-pyrrole nitrogens is 1. The van der Waals surface area contributed by atoms with E-state index in [-0.39, 0.29) is 18.7 Å². The van der Waals surface area contributed by atoms with E-state index >= 15 is 0 Å². The number of hydrogen-bond donors (Lipinski definition) is 3. The average molecular weight is 400 g/mol. The highest BCUT2D eigenvalue weighted by Gasteiger charge is 2.15. The summed E-state index contributed by atoms with van der Waals surface area (Å²) in [5.41, 5.74) is 0.964. The maximum atomic E-state index is 12.2. The number of amides is 3. The molecule has 0 aliphatic heterocycles. The predicted molar refractivity (Wildman–Crippen MR) is 101 cm³/mol. The van der Waals surface area contributed by atoms with Gasteiger partial charge >= 0.3 is 5.97 Å². The lowest BCUT2D eigenvalue weighted by molar-refractivity contribution is -0.148. The second-order valence-corrected chi connectivity index (χ2v) is 6.59. The molecule has 0 aliphatic rings.